The highest BCUT2D eigenvalue weighted by molar-refractivity contribution is 5.35. The van der Waals surface area contributed by atoms with E-state index >= 15 is 0 Å². The number of hydrogen-bond acceptors (Lipinski definition) is 5. The van der Waals surface area contributed by atoms with E-state index in [2.05, 4.69) is 16.9 Å². The van der Waals surface area contributed by atoms with Crippen molar-refractivity contribution in [1.82, 2.24) is 14.7 Å². The SMILES string of the molecule is CCCN1CCOC(CN)C1c1c(C)nn(C)c1OC. The van der Waals surface area contributed by atoms with Crippen LogP contribution in [0.15, 0.2) is 0 Å². The molecule has 1 aromatic rings. The first-order chi connectivity index (χ1) is 9.63. The maximum Gasteiger partial charge on any atom is 0.216 e. The van der Waals surface area contributed by atoms with Crippen LogP contribution >= 0.6 is 0 Å². The normalized spacial score (nSPS) is 24.1. The van der Waals surface area contributed by atoms with Gasteiger partial charge in [0.15, 0.2) is 0 Å². The minimum Gasteiger partial charge on any atom is -0.481 e. The van der Waals surface area contributed by atoms with Crippen molar-refractivity contribution in [1.29, 1.82) is 0 Å². The summed E-state index contributed by atoms with van der Waals surface area (Å²) in [6.07, 6.45) is 1.10. The van der Waals surface area contributed by atoms with E-state index in [1.54, 1.807) is 11.8 Å². The minimum absolute atomic E-state index is 0.00731. The van der Waals surface area contributed by atoms with E-state index in [-0.39, 0.29) is 12.1 Å². The average Bonchev–Trinajstić information content (AvgIpc) is 2.72. The van der Waals surface area contributed by atoms with Crippen molar-refractivity contribution < 1.29 is 9.47 Å². The van der Waals surface area contributed by atoms with Gasteiger partial charge >= 0.3 is 0 Å². The van der Waals surface area contributed by atoms with Crippen molar-refractivity contribution in [3.63, 3.8) is 0 Å². The van der Waals surface area contributed by atoms with E-state index in [4.69, 9.17) is 15.2 Å². The maximum absolute atomic E-state index is 5.92. The van der Waals surface area contributed by atoms with Crippen LogP contribution < -0.4 is 10.5 Å². The topological polar surface area (TPSA) is 65.5 Å². The third kappa shape index (κ3) is 2.68. The van der Waals surface area contributed by atoms with Gasteiger partial charge in [-0.2, -0.15) is 5.10 Å². The molecule has 114 valence electrons. The number of nitrogens with zero attached hydrogens (tertiary/aromatic N) is 3. The van der Waals surface area contributed by atoms with Gasteiger partial charge in [0.1, 0.15) is 0 Å². The fraction of sp³-hybridized carbons (Fsp3) is 0.786. The summed E-state index contributed by atoms with van der Waals surface area (Å²) >= 11 is 0. The number of methoxy groups -OCH3 is 1. The van der Waals surface area contributed by atoms with E-state index < -0.39 is 0 Å². The van der Waals surface area contributed by atoms with Gasteiger partial charge in [-0.1, -0.05) is 6.92 Å². The van der Waals surface area contributed by atoms with Crippen LogP contribution in [0.1, 0.15) is 30.6 Å². The molecule has 2 atom stereocenters. The van der Waals surface area contributed by atoms with Gasteiger partial charge in [0.2, 0.25) is 5.88 Å². The molecule has 1 fully saturated rings. The molecule has 6 nitrogen and oxygen atoms in total. The molecule has 0 aromatic carbocycles. The molecule has 0 radical (unpaired) electrons. The molecule has 0 aliphatic carbocycles. The van der Waals surface area contributed by atoms with Gasteiger partial charge in [-0.25, -0.2) is 4.68 Å². The molecule has 1 aromatic heterocycles. The van der Waals surface area contributed by atoms with Crippen molar-refractivity contribution >= 4 is 0 Å². The first-order valence-corrected chi connectivity index (χ1v) is 7.27. The summed E-state index contributed by atoms with van der Waals surface area (Å²) in [6.45, 7) is 7.40. The standard InChI is InChI=1S/C14H26N4O2/c1-5-6-18-7-8-20-11(9-15)13(18)12-10(2)16-17(3)14(12)19-4/h11,13H,5-9,15H2,1-4H3. The van der Waals surface area contributed by atoms with Gasteiger partial charge in [0.25, 0.3) is 0 Å². The van der Waals surface area contributed by atoms with Crippen molar-refractivity contribution in [2.24, 2.45) is 12.8 Å². The van der Waals surface area contributed by atoms with Crippen LogP contribution in [0.4, 0.5) is 0 Å². The number of hydrogen-bond donors (Lipinski definition) is 1. The Morgan fingerprint density at radius 2 is 2.25 bits per heavy atom. The second-order valence-corrected chi connectivity index (χ2v) is 5.26. The summed E-state index contributed by atoms with van der Waals surface area (Å²) in [7, 11) is 3.59. The first-order valence-electron chi connectivity index (χ1n) is 7.27. The van der Waals surface area contributed by atoms with Gasteiger partial charge in [-0.3, -0.25) is 4.90 Å². The molecule has 0 saturated carbocycles. The third-order valence-electron chi connectivity index (χ3n) is 3.90. The third-order valence-corrected chi connectivity index (χ3v) is 3.90. The smallest absolute Gasteiger partial charge is 0.216 e. The molecule has 2 heterocycles. The monoisotopic (exact) mass is 282 g/mol. The zero-order valence-electron chi connectivity index (χ0n) is 12.9. The maximum atomic E-state index is 5.92. The largest absolute Gasteiger partial charge is 0.481 e. The molecule has 0 amide bonds. The van der Waals surface area contributed by atoms with Crippen LogP contribution in [0, 0.1) is 6.92 Å². The quantitative estimate of drug-likeness (QED) is 0.867. The molecule has 20 heavy (non-hydrogen) atoms. The predicted molar refractivity (Wildman–Crippen MR) is 77.9 cm³/mol. The second kappa shape index (κ2) is 6.56. The number of ether oxygens (including phenoxy) is 2. The molecule has 2 unspecified atom stereocenters. The van der Waals surface area contributed by atoms with Crippen LogP contribution in [-0.4, -0.2) is 54.1 Å². The Morgan fingerprint density at radius 3 is 2.85 bits per heavy atom. The summed E-state index contributed by atoms with van der Waals surface area (Å²) in [5.74, 6) is 0.803. The number of aryl methyl sites for hydroxylation is 2. The molecule has 2 rings (SSSR count). The summed E-state index contributed by atoms with van der Waals surface area (Å²) in [6, 6.07) is 0.123. The van der Waals surface area contributed by atoms with Crippen molar-refractivity contribution in [2.45, 2.75) is 32.4 Å². The highest BCUT2D eigenvalue weighted by Crippen LogP contribution is 2.36. The first kappa shape index (κ1) is 15.3. The lowest BCUT2D eigenvalue weighted by molar-refractivity contribution is -0.0684. The Labute approximate surface area is 120 Å². The fourth-order valence-electron chi connectivity index (χ4n) is 3.13. The summed E-state index contributed by atoms with van der Waals surface area (Å²) in [4.78, 5) is 2.44. The fourth-order valence-corrected chi connectivity index (χ4v) is 3.13. The number of morpholine rings is 1. The molecule has 0 bridgehead atoms. The molecule has 2 N–H and O–H groups in total. The zero-order chi connectivity index (χ0) is 14.7. The molecule has 1 aliphatic heterocycles. The van der Waals surface area contributed by atoms with E-state index in [9.17, 15) is 0 Å². The predicted octanol–water partition coefficient (Wildman–Crippen LogP) is 0.848. The summed E-state index contributed by atoms with van der Waals surface area (Å²) in [5, 5.41) is 4.49. The minimum atomic E-state index is -0.00731. The summed E-state index contributed by atoms with van der Waals surface area (Å²) < 4.78 is 13.2. The lowest BCUT2D eigenvalue weighted by Crippen LogP contribution is -2.48. The number of aromatic nitrogens is 2. The van der Waals surface area contributed by atoms with E-state index in [1.807, 2.05) is 14.0 Å². The van der Waals surface area contributed by atoms with Gasteiger partial charge in [-0.05, 0) is 19.9 Å². The Morgan fingerprint density at radius 1 is 1.50 bits per heavy atom. The van der Waals surface area contributed by atoms with Gasteiger partial charge in [-0.15, -0.1) is 0 Å². The van der Waals surface area contributed by atoms with Gasteiger partial charge in [0, 0.05) is 20.1 Å². The highest BCUT2D eigenvalue weighted by Gasteiger charge is 2.37. The van der Waals surface area contributed by atoms with E-state index in [0.717, 1.165) is 43.3 Å². The van der Waals surface area contributed by atoms with Crippen molar-refractivity contribution in [3.8, 4) is 5.88 Å². The second-order valence-electron chi connectivity index (χ2n) is 5.26. The van der Waals surface area contributed by atoms with Crippen LogP contribution in [0.25, 0.3) is 0 Å². The molecule has 6 heteroatoms. The molecule has 0 spiro atoms. The Bertz CT molecular complexity index is 445. The van der Waals surface area contributed by atoms with Crippen LogP contribution in [0.2, 0.25) is 0 Å². The van der Waals surface area contributed by atoms with Gasteiger partial charge < -0.3 is 15.2 Å². The van der Waals surface area contributed by atoms with E-state index in [0.29, 0.717) is 6.54 Å². The Kier molecular flexibility index (Phi) is 5.01. The van der Waals surface area contributed by atoms with Crippen molar-refractivity contribution in [2.75, 3.05) is 33.4 Å². The molecule has 1 aliphatic rings. The van der Waals surface area contributed by atoms with Crippen LogP contribution in [0.5, 0.6) is 5.88 Å². The van der Waals surface area contributed by atoms with Crippen LogP contribution in [-0.2, 0) is 11.8 Å². The number of rotatable bonds is 5. The molecule has 1 saturated heterocycles. The zero-order valence-corrected chi connectivity index (χ0v) is 12.9. The average molecular weight is 282 g/mol. The Hall–Kier alpha value is -1.11. The van der Waals surface area contributed by atoms with Gasteiger partial charge in [0.05, 0.1) is 37.1 Å². The molecular weight excluding hydrogens is 256 g/mol. The summed E-state index contributed by atoms with van der Waals surface area (Å²) in [5.41, 5.74) is 8.01. The Balaban J connectivity index is 2.43. The van der Waals surface area contributed by atoms with Crippen LogP contribution in [0.3, 0.4) is 0 Å². The van der Waals surface area contributed by atoms with E-state index in [1.165, 1.54) is 0 Å². The van der Waals surface area contributed by atoms with Crippen molar-refractivity contribution in [3.05, 3.63) is 11.3 Å². The lowest BCUT2D eigenvalue weighted by Gasteiger charge is -2.41. The highest BCUT2D eigenvalue weighted by atomic mass is 16.5. The molecular formula is C14H26N4O2. The number of nitrogens with two attached hydrogens (primary N) is 1. The lowest BCUT2D eigenvalue weighted by atomic mass is 9.97.